The van der Waals surface area contributed by atoms with Crippen LogP contribution >= 0.6 is 0 Å². The summed E-state index contributed by atoms with van der Waals surface area (Å²) in [6.45, 7) is 2.42. The maximum Gasteiger partial charge on any atom is 0.490 e. The van der Waals surface area contributed by atoms with Crippen molar-refractivity contribution in [1.29, 1.82) is 0 Å². The predicted molar refractivity (Wildman–Crippen MR) is 174 cm³/mol. The fraction of sp³-hybridized carbons (Fsp3) is 0.406. The third-order valence-corrected chi connectivity index (χ3v) is 7.65. The fourth-order valence-corrected chi connectivity index (χ4v) is 4.84. The Morgan fingerprint density at radius 1 is 0.909 bits per heavy atom. The van der Waals surface area contributed by atoms with E-state index in [0.29, 0.717) is 19.1 Å². The van der Waals surface area contributed by atoms with Gasteiger partial charge in [0, 0.05) is 31.4 Å². The number of rotatable bonds is 6. The third-order valence-electron chi connectivity index (χ3n) is 7.65. The van der Waals surface area contributed by atoms with Crippen LogP contribution in [-0.4, -0.2) is 120 Å². The molecule has 0 saturated carbocycles. The number of nitrogens with one attached hydrogen (secondary N) is 2. The van der Waals surface area contributed by atoms with Crippen LogP contribution in [0.1, 0.15) is 12.0 Å². The Hall–Kier alpha value is -5.74. The zero-order chi connectivity index (χ0) is 41.9. The van der Waals surface area contributed by atoms with Crippen molar-refractivity contribution < 1.29 is 83.5 Å². The number of aromatic nitrogens is 2. The van der Waals surface area contributed by atoms with Crippen LogP contribution in [0.4, 0.5) is 50.9 Å². The van der Waals surface area contributed by atoms with Crippen LogP contribution in [0.2, 0.25) is 0 Å². The minimum absolute atomic E-state index is 0.0391. The van der Waals surface area contributed by atoms with Gasteiger partial charge in [-0.1, -0.05) is 6.07 Å². The topological polar surface area (TPSA) is 195 Å². The number of aromatic amines is 1. The number of carboxylic acids is 3. The van der Waals surface area contributed by atoms with Gasteiger partial charge in [0.2, 0.25) is 5.91 Å². The lowest BCUT2D eigenvalue weighted by atomic mass is 9.95. The van der Waals surface area contributed by atoms with Gasteiger partial charge < -0.3 is 39.9 Å². The minimum atomic E-state index is -5.08. The minimum Gasteiger partial charge on any atom is -0.497 e. The van der Waals surface area contributed by atoms with Crippen molar-refractivity contribution in [2.45, 2.75) is 37.4 Å². The quantitative estimate of drug-likeness (QED) is 0.202. The third kappa shape index (κ3) is 14.2. The smallest absolute Gasteiger partial charge is 0.490 e. The molecule has 3 aromatic rings. The molecule has 0 aliphatic carbocycles. The molecule has 1 amide bonds. The largest absolute Gasteiger partial charge is 0.497 e. The molecular formula is C32H34F9N5O9. The Bertz CT molecular complexity index is 1710. The number of nitrogens with zero attached hydrogens (tertiary/aromatic N) is 3. The number of alkyl halides is 9. The highest BCUT2D eigenvalue weighted by Crippen LogP contribution is 2.35. The Morgan fingerprint density at radius 3 is 1.93 bits per heavy atom. The Balaban J connectivity index is 0.000000408. The lowest BCUT2D eigenvalue weighted by molar-refractivity contribution is -0.193. The second-order valence-electron chi connectivity index (χ2n) is 11.6. The molecule has 2 aliphatic heterocycles. The summed E-state index contributed by atoms with van der Waals surface area (Å²) >= 11 is 0. The SMILES string of the molecule is COc1ccc2c(c1)CC(C(=O)Nc1ccc(-c3cn[nH]c3)cc1N(C)C1CCN(C)C1)CO2.O=C(O)C(F)(F)F.O=C(O)C(F)(F)F.O=C(O)C(F)(F)F. The number of benzene rings is 2. The zero-order valence-corrected chi connectivity index (χ0v) is 28.8. The molecule has 5 rings (SSSR count). The molecular weight excluding hydrogens is 769 g/mol. The summed E-state index contributed by atoms with van der Waals surface area (Å²) in [6, 6.07) is 12.3. The maximum atomic E-state index is 13.3. The number of anilines is 2. The van der Waals surface area contributed by atoms with Crippen molar-refractivity contribution in [3.05, 3.63) is 54.4 Å². The van der Waals surface area contributed by atoms with Crippen LogP contribution in [0.25, 0.3) is 11.1 Å². The first kappa shape index (κ1) is 45.4. The molecule has 14 nitrogen and oxygen atoms in total. The van der Waals surface area contributed by atoms with E-state index in [4.69, 9.17) is 39.2 Å². The molecule has 55 heavy (non-hydrogen) atoms. The van der Waals surface area contributed by atoms with E-state index in [0.717, 1.165) is 59.1 Å². The Kier molecular flexibility index (Phi) is 15.7. The van der Waals surface area contributed by atoms with Gasteiger partial charge in [0.25, 0.3) is 0 Å². The van der Waals surface area contributed by atoms with Crippen molar-refractivity contribution in [3.8, 4) is 22.6 Å². The van der Waals surface area contributed by atoms with Crippen LogP contribution in [0.5, 0.6) is 11.5 Å². The summed E-state index contributed by atoms with van der Waals surface area (Å²) in [4.78, 5) is 44.6. The number of carboxylic acid groups (broad SMARTS) is 3. The standard InChI is InChI=1S/C26H31N5O3.3C2HF3O2/c1-30-9-8-21(15-30)31(2)24-12-17(20-13-27-28-14-20)4-6-23(24)29-26(32)19-10-18-11-22(33-3)5-7-25(18)34-16-19;3*3-2(4,5)1(6)7/h4-7,11-14,19,21H,8-10,15-16H2,1-3H3,(H,27,28)(H,29,32);3*(H,6,7). The van der Waals surface area contributed by atoms with Gasteiger partial charge in [-0.25, -0.2) is 14.4 Å². The molecule has 23 heteroatoms. The average Bonchev–Trinajstić information content (AvgIpc) is 3.80. The molecule has 5 N–H and O–H groups in total. The fourth-order valence-electron chi connectivity index (χ4n) is 4.84. The lowest BCUT2D eigenvalue weighted by Gasteiger charge is -2.30. The molecule has 2 unspecified atom stereocenters. The number of carbonyl (C=O) groups is 4. The number of hydrogen-bond acceptors (Lipinski definition) is 9. The molecule has 2 aromatic carbocycles. The molecule has 304 valence electrons. The van der Waals surface area contributed by atoms with Crippen molar-refractivity contribution in [3.63, 3.8) is 0 Å². The molecule has 1 fully saturated rings. The van der Waals surface area contributed by atoms with E-state index in [1.54, 1.807) is 7.11 Å². The van der Waals surface area contributed by atoms with E-state index in [1.165, 1.54) is 0 Å². The summed E-state index contributed by atoms with van der Waals surface area (Å²) in [7, 11) is 5.90. The molecule has 0 bridgehead atoms. The average molecular weight is 804 g/mol. The van der Waals surface area contributed by atoms with Gasteiger partial charge in [-0.3, -0.25) is 9.89 Å². The van der Waals surface area contributed by atoms with Crippen LogP contribution in [0, 0.1) is 5.92 Å². The summed E-state index contributed by atoms with van der Waals surface area (Å²) in [5, 5.41) is 31.5. The maximum absolute atomic E-state index is 13.3. The monoisotopic (exact) mass is 803 g/mol. The van der Waals surface area contributed by atoms with Gasteiger partial charge in [0.05, 0.1) is 30.6 Å². The Labute approximate surface area is 305 Å². The lowest BCUT2D eigenvalue weighted by Crippen LogP contribution is -2.36. The number of likely N-dealkylation sites (N-methyl/N-ethyl adjacent to an activating group) is 2. The van der Waals surface area contributed by atoms with E-state index < -0.39 is 36.4 Å². The zero-order valence-electron chi connectivity index (χ0n) is 28.8. The van der Waals surface area contributed by atoms with E-state index in [2.05, 4.69) is 45.5 Å². The number of methoxy groups -OCH3 is 1. The first-order valence-electron chi connectivity index (χ1n) is 15.4. The molecule has 2 atom stereocenters. The number of H-pyrrole nitrogens is 1. The highest BCUT2D eigenvalue weighted by Gasteiger charge is 2.39. The van der Waals surface area contributed by atoms with Crippen LogP contribution in [0.15, 0.2) is 48.8 Å². The number of fused-ring (bicyclic) bond motifs is 1. The van der Waals surface area contributed by atoms with Gasteiger partial charge in [0.1, 0.15) is 18.1 Å². The molecule has 0 radical (unpaired) electrons. The van der Waals surface area contributed by atoms with Crippen LogP contribution in [-0.2, 0) is 25.6 Å². The molecule has 1 saturated heterocycles. The van der Waals surface area contributed by atoms with Crippen LogP contribution in [0.3, 0.4) is 0 Å². The summed E-state index contributed by atoms with van der Waals surface area (Å²) in [6.07, 6.45) is -9.85. The number of amides is 1. The number of carbonyl (C=O) groups excluding carboxylic acids is 1. The van der Waals surface area contributed by atoms with Crippen molar-refractivity contribution >= 4 is 35.2 Å². The Morgan fingerprint density at radius 2 is 1.47 bits per heavy atom. The second kappa shape index (κ2) is 19.0. The first-order chi connectivity index (χ1) is 25.3. The number of hydrogen-bond donors (Lipinski definition) is 5. The van der Waals surface area contributed by atoms with E-state index in [1.807, 2.05) is 42.7 Å². The van der Waals surface area contributed by atoms with E-state index in [-0.39, 0.29) is 11.8 Å². The van der Waals surface area contributed by atoms with Crippen LogP contribution < -0.4 is 19.7 Å². The molecule has 0 spiro atoms. The van der Waals surface area contributed by atoms with Gasteiger partial charge in [-0.2, -0.15) is 44.6 Å². The number of halogens is 9. The molecule has 1 aromatic heterocycles. The summed E-state index contributed by atoms with van der Waals surface area (Å²) < 4.78 is 106. The van der Waals surface area contributed by atoms with Gasteiger partial charge >= 0.3 is 36.4 Å². The second-order valence-corrected chi connectivity index (χ2v) is 11.6. The number of aliphatic carboxylic acids is 3. The van der Waals surface area contributed by atoms with Crippen molar-refractivity contribution in [2.75, 3.05) is 51.1 Å². The highest BCUT2D eigenvalue weighted by molar-refractivity contribution is 5.97. The normalized spacial score (nSPS) is 16.6. The molecule has 3 heterocycles. The highest BCUT2D eigenvalue weighted by atomic mass is 19.4. The van der Waals surface area contributed by atoms with Crippen molar-refractivity contribution in [1.82, 2.24) is 15.1 Å². The van der Waals surface area contributed by atoms with E-state index >= 15 is 0 Å². The predicted octanol–water partition coefficient (Wildman–Crippen LogP) is 5.32. The van der Waals surface area contributed by atoms with Gasteiger partial charge in [-0.15, -0.1) is 0 Å². The number of ether oxygens (including phenoxy) is 2. The molecule has 2 aliphatic rings. The van der Waals surface area contributed by atoms with Gasteiger partial charge in [0.15, 0.2) is 0 Å². The summed E-state index contributed by atoms with van der Waals surface area (Å²) in [5.74, 6) is -7.00. The summed E-state index contributed by atoms with van der Waals surface area (Å²) in [5.41, 5.74) is 4.88. The van der Waals surface area contributed by atoms with E-state index in [9.17, 15) is 44.3 Å². The van der Waals surface area contributed by atoms with Gasteiger partial charge in [-0.05, 0) is 67.9 Å². The number of likely N-dealkylation sites (tertiary alicyclic amines) is 1. The van der Waals surface area contributed by atoms with Crippen molar-refractivity contribution in [2.24, 2.45) is 5.92 Å². The first-order valence-corrected chi connectivity index (χ1v) is 15.4.